The number of carbonyl (C=O) groups excluding carboxylic acids is 2. The van der Waals surface area contributed by atoms with Crippen LogP contribution in [0.25, 0.3) is 17.1 Å². The first-order valence-corrected chi connectivity index (χ1v) is 25.5. The minimum Gasteiger partial charge on any atom is -0.748 e. The normalized spacial score (nSPS) is 14.6. The Morgan fingerprint density at radius 2 is 1.52 bits per heavy atom. The molecule has 16 nitrogen and oxygen atoms in total. The van der Waals surface area contributed by atoms with Gasteiger partial charge in [-0.1, -0.05) is 49.5 Å². The molecule has 20 heteroatoms. The minimum absolute atomic E-state index is 0.0286. The molecule has 0 aliphatic carbocycles. The molecule has 356 valence electrons. The first-order valence-electron chi connectivity index (χ1n) is 21.8. The van der Waals surface area contributed by atoms with E-state index in [1.54, 1.807) is 25.3 Å². The predicted molar refractivity (Wildman–Crippen MR) is 247 cm³/mol. The molecule has 4 rings (SSSR count). The summed E-state index contributed by atoms with van der Waals surface area (Å²) in [5.74, 6) is 0.00660. The molecule has 2 heterocycles. The molecule has 4 N–H and O–H groups in total. The fourth-order valence-corrected chi connectivity index (χ4v) is 9.12. The molecule has 2 amide bonds. The van der Waals surface area contributed by atoms with Gasteiger partial charge in [0.05, 0.1) is 58.0 Å². The number of ether oxygens (including phenoxy) is 2. The maximum absolute atomic E-state index is 12.6. The summed E-state index contributed by atoms with van der Waals surface area (Å²) in [4.78, 5) is 26.8. The lowest BCUT2D eigenvalue weighted by Crippen LogP contribution is -2.37. The second-order valence-electron chi connectivity index (χ2n) is 16.3. The van der Waals surface area contributed by atoms with E-state index in [-0.39, 0.29) is 29.7 Å². The van der Waals surface area contributed by atoms with Gasteiger partial charge in [0.1, 0.15) is 10.1 Å². The zero-order chi connectivity index (χ0) is 46.9. The molecule has 3 aromatic rings. The lowest BCUT2D eigenvalue weighted by Gasteiger charge is -2.27. The Morgan fingerprint density at radius 1 is 0.844 bits per heavy atom. The van der Waals surface area contributed by atoms with Crippen molar-refractivity contribution in [2.75, 3.05) is 63.8 Å². The van der Waals surface area contributed by atoms with Crippen LogP contribution in [0.2, 0.25) is 10.0 Å². The Balaban J connectivity index is 1.64. The van der Waals surface area contributed by atoms with E-state index in [1.165, 1.54) is 12.1 Å². The average molecular weight is 971 g/mol. The number of unbranched alkanes of at least 4 members (excludes halogenated alkanes) is 5. The topological polar surface area (TPSA) is 229 Å². The first-order chi connectivity index (χ1) is 30.4. The largest absolute Gasteiger partial charge is 0.748 e. The molecular formula is C44H63Cl2N6O10S2-. The number of hydrogen-bond acceptors (Lipinski definition) is 12. The standard InChI is InChI=1S/C44H64Cl2N6O10S2/c1-44(2)34-30-33(64(58,59)60)18-19-37(34)50(23-11-7-16-41(53)48-21-9-5-8-20-47)40(44)14-12-17-43-51(24-10-4-6-15-42(54)49-22-26-62-28-27-61-3)38-31-35(45)36(46)32-39(38)52(43)25-13-29-63(55,56)57/h12,14,17-19,30-32H,4-11,13,15-16,20-29,47H2,1-3H3,(H3-,48,49,53,54,55,56,57,58,59,60)/p-1. The molecule has 0 atom stereocenters. The van der Waals surface area contributed by atoms with Crippen LogP contribution >= 0.6 is 23.2 Å². The number of nitrogens with zero attached hydrogens (tertiary/aromatic N) is 3. The number of carbonyl (C=O) groups is 2. The van der Waals surface area contributed by atoms with Crippen LogP contribution in [-0.2, 0) is 57.8 Å². The number of nitrogens with one attached hydrogen (secondary N) is 2. The van der Waals surface area contributed by atoms with E-state index >= 15 is 0 Å². The SMILES string of the molecule is COCCOCCNC(=O)CCCCCn1c(C=CC=C2N(CCCCC(=O)NCCCCCN)c3ccc(S(=O)(=O)[O-])cc3C2(C)C)[n+](CCCS(=O)(=O)[O-])c2cc(Cl)c(Cl)cc21. The Kier molecular flexibility index (Phi) is 21.0. The number of fused-ring (bicyclic) bond motifs is 2. The smallest absolute Gasteiger partial charge is 0.282 e. The highest BCUT2D eigenvalue weighted by atomic mass is 35.5. The Morgan fingerprint density at radius 3 is 2.20 bits per heavy atom. The number of rotatable bonds is 29. The number of methoxy groups -OCH3 is 1. The summed E-state index contributed by atoms with van der Waals surface area (Å²) in [6.45, 7) is 8.02. The Hall–Kier alpha value is -3.59. The lowest BCUT2D eigenvalue weighted by molar-refractivity contribution is -0.673. The number of allylic oxidation sites excluding steroid dienone is 3. The van der Waals surface area contributed by atoms with Gasteiger partial charge in [-0.05, 0) is 87.7 Å². The Bertz CT molecular complexity index is 2340. The molecule has 1 aromatic heterocycles. The molecule has 1 aliphatic heterocycles. The highest BCUT2D eigenvalue weighted by molar-refractivity contribution is 7.86. The predicted octanol–water partition coefficient (Wildman–Crippen LogP) is 5.53. The molecule has 0 saturated heterocycles. The van der Waals surface area contributed by atoms with Gasteiger partial charge in [-0.2, -0.15) is 0 Å². The van der Waals surface area contributed by atoms with E-state index < -0.39 is 31.4 Å². The van der Waals surface area contributed by atoms with Crippen LogP contribution in [0.3, 0.4) is 0 Å². The fourth-order valence-electron chi connectivity index (χ4n) is 7.82. The van der Waals surface area contributed by atoms with Crippen molar-refractivity contribution < 1.29 is 49.6 Å². The van der Waals surface area contributed by atoms with E-state index in [1.807, 2.05) is 36.6 Å². The van der Waals surface area contributed by atoms with Crippen LogP contribution in [0.4, 0.5) is 5.69 Å². The summed E-state index contributed by atoms with van der Waals surface area (Å²) in [7, 11) is -7.64. The number of amides is 2. The van der Waals surface area contributed by atoms with Gasteiger partial charge < -0.3 is 39.8 Å². The monoisotopic (exact) mass is 969 g/mol. The zero-order valence-corrected chi connectivity index (χ0v) is 40.2. The molecule has 0 saturated carbocycles. The number of aryl methyl sites for hydroxylation is 2. The number of aromatic nitrogens is 2. The number of anilines is 1. The maximum atomic E-state index is 12.6. The van der Waals surface area contributed by atoms with Gasteiger partial charge in [-0.3, -0.25) is 9.59 Å². The van der Waals surface area contributed by atoms with Crippen LogP contribution in [0.5, 0.6) is 0 Å². The molecule has 2 aromatic carbocycles. The van der Waals surface area contributed by atoms with Crippen LogP contribution < -0.4 is 25.8 Å². The van der Waals surface area contributed by atoms with Crippen molar-refractivity contribution in [1.82, 2.24) is 15.2 Å². The van der Waals surface area contributed by atoms with Gasteiger partial charge in [-0.25, -0.2) is 26.0 Å². The molecular weight excluding hydrogens is 908 g/mol. The molecule has 0 unspecified atom stereocenters. The van der Waals surface area contributed by atoms with Crippen molar-refractivity contribution in [2.45, 2.75) is 108 Å². The van der Waals surface area contributed by atoms with E-state index in [9.17, 15) is 35.5 Å². The highest BCUT2D eigenvalue weighted by Gasteiger charge is 2.40. The summed E-state index contributed by atoms with van der Waals surface area (Å²) in [5, 5.41) is 6.45. The van der Waals surface area contributed by atoms with Gasteiger partial charge >= 0.3 is 0 Å². The number of benzene rings is 2. The summed E-state index contributed by atoms with van der Waals surface area (Å²) < 4.78 is 85.7. The number of hydrogen-bond donors (Lipinski definition) is 3. The summed E-state index contributed by atoms with van der Waals surface area (Å²) >= 11 is 13.1. The maximum Gasteiger partial charge on any atom is 0.282 e. The van der Waals surface area contributed by atoms with Crippen LogP contribution in [-0.4, -0.2) is 101 Å². The quantitative estimate of drug-likeness (QED) is 0.0444. The van der Waals surface area contributed by atoms with Crippen molar-refractivity contribution >= 4 is 78.0 Å². The van der Waals surface area contributed by atoms with Crippen LogP contribution in [0.15, 0.2) is 53.1 Å². The second kappa shape index (κ2) is 25.4. The second-order valence-corrected chi connectivity index (χ2v) is 20.0. The summed E-state index contributed by atoms with van der Waals surface area (Å²) in [6, 6.07) is 7.85. The third-order valence-electron chi connectivity index (χ3n) is 11.1. The van der Waals surface area contributed by atoms with Crippen molar-refractivity contribution in [3.63, 3.8) is 0 Å². The fraction of sp³-hybridized carbons (Fsp3) is 0.568. The lowest BCUT2D eigenvalue weighted by atomic mass is 9.83. The molecule has 0 spiro atoms. The van der Waals surface area contributed by atoms with Crippen LogP contribution in [0, 0.1) is 0 Å². The van der Waals surface area contributed by atoms with E-state index in [4.69, 9.17) is 38.4 Å². The van der Waals surface area contributed by atoms with Crippen molar-refractivity contribution in [3.05, 3.63) is 69.6 Å². The zero-order valence-electron chi connectivity index (χ0n) is 37.0. The van der Waals surface area contributed by atoms with E-state index in [0.717, 1.165) is 42.6 Å². The average Bonchev–Trinajstić information content (AvgIpc) is 3.61. The molecule has 0 radical (unpaired) electrons. The van der Waals surface area contributed by atoms with Crippen molar-refractivity contribution in [3.8, 4) is 0 Å². The van der Waals surface area contributed by atoms with Gasteiger partial charge in [-0.15, -0.1) is 0 Å². The summed E-state index contributed by atoms with van der Waals surface area (Å²) in [6.07, 6.45) is 12.4. The Labute approximate surface area is 388 Å². The van der Waals surface area contributed by atoms with Gasteiger partial charge in [0.25, 0.3) is 5.82 Å². The number of nitrogens with two attached hydrogens (primary N) is 1. The van der Waals surface area contributed by atoms with Gasteiger partial charge in [0, 0.05) is 80.3 Å². The van der Waals surface area contributed by atoms with Gasteiger partial charge in [0.2, 0.25) is 11.8 Å². The molecule has 1 aliphatic rings. The third kappa shape index (κ3) is 15.8. The first kappa shape index (κ1) is 53.0. The third-order valence-corrected chi connectivity index (χ3v) is 13.4. The number of halogens is 2. The van der Waals surface area contributed by atoms with E-state index in [0.29, 0.717) is 118 Å². The number of imidazole rings is 1. The molecule has 0 fully saturated rings. The molecule has 0 bridgehead atoms. The van der Waals surface area contributed by atoms with Crippen molar-refractivity contribution in [2.24, 2.45) is 5.73 Å². The minimum atomic E-state index is -4.74. The molecule has 64 heavy (non-hydrogen) atoms. The van der Waals surface area contributed by atoms with Crippen molar-refractivity contribution in [1.29, 1.82) is 0 Å². The van der Waals surface area contributed by atoms with Crippen LogP contribution in [0.1, 0.15) is 95.9 Å². The summed E-state index contributed by atoms with van der Waals surface area (Å²) in [5.41, 5.74) is 8.46. The van der Waals surface area contributed by atoms with E-state index in [2.05, 4.69) is 20.1 Å². The van der Waals surface area contributed by atoms with Gasteiger partial charge in [0.15, 0.2) is 11.0 Å². The highest BCUT2D eigenvalue weighted by Crippen LogP contribution is 2.48.